The third-order valence-electron chi connectivity index (χ3n) is 3.86. The van der Waals surface area contributed by atoms with Crippen molar-refractivity contribution in [2.24, 2.45) is 0 Å². The molecule has 0 atom stereocenters. The second kappa shape index (κ2) is 5.67. The van der Waals surface area contributed by atoms with Crippen molar-refractivity contribution in [2.45, 2.75) is 0 Å². The highest BCUT2D eigenvalue weighted by molar-refractivity contribution is 7.15. The van der Waals surface area contributed by atoms with E-state index in [2.05, 4.69) is 4.98 Å². The minimum absolute atomic E-state index is 0.0636. The van der Waals surface area contributed by atoms with Gasteiger partial charge in [-0.25, -0.2) is 9.38 Å². The highest BCUT2D eigenvalue weighted by Gasteiger charge is 2.13. The van der Waals surface area contributed by atoms with Crippen molar-refractivity contribution in [3.8, 4) is 5.75 Å². The van der Waals surface area contributed by atoms with Gasteiger partial charge in [0.1, 0.15) is 5.75 Å². The smallest absolute Gasteiger partial charge is 0.274 e. The zero-order valence-corrected chi connectivity index (χ0v) is 13.8. The lowest BCUT2D eigenvalue weighted by molar-refractivity contribution is -0.384. The lowest BCUT2D eigenvalue weighted by Gasteiger charge is -2.03. The van der Waals surface area contributed by atoms with Crippen molar-refractivity contribution in [3.63, 3.8) is 0 Å². The van der Waals surface area contributed by atoms with Crippen LogP contribution in [0.15, 0.2) is 47.3 Å². The molecule has 7 nitrogen and oxygen atoms in total. The number of non-ortho nitro benzene ring substituents is 1. The summed E-state index contributed by atoms with van der Waals surface area (Å²) in [6.45, 7) is 0. The molecule has 0 saturated carbocycles. The van der Waals surface area contributed by atoms with Gasteiger partial charge in [-0.05, 0) is 24.3 Å². The molecule has 0 unspecified atom stereocenters. The maximum absolute atomic E-state index is 12.8. The van der Waals surface area contributed by atoms with E-state index in [0.29, 0.717) is 20.8 Å². The van der Waals surface area contributed by atoms with Crippen LogP contribution >= 0.6 is 11.3 Å². The number of rotatable bonds is 3. The Labute approximate surface area is 144 Å². The van der Waals surface area contributed by atoms with Crippen LogP contribution in [0.1, 0.15) is 5.56 Å². The average Bonchev–Trinajstić information content (AvgIpc) is 3.11. The number of nitrogens with zero attached hydrogens (tertiary/aromatic N) is 3. The zero-order chi connectivity index (χ0) is 17.6. The number of methoxy groups -OCH3 is 1. The Balaban J connectivity index is 1.98. The minimum atomic E-state index is -0.483. The predicted molar refractivity (Wildman–Crippen MR) is 95.3 cm³/mol. The second-order valence-electron chi connectivity index (χ2n) is 5.32. The van der Waals surface area contributed by atoms with Gasteiger partial charge < -0.3 is 4.74 Å². The predicted octanol–water partition coefficient (Wildman–Crippen LogP) is 2.37. The largest absolute Gasteiger partial charge is 0.496 e. The first-order valence-corrected chi connectivity index (χ1v) is 8.14. The normalized spacial score (nSPS) is 12.1. The summed E-state index contributed by atoms with van der Waals surface area (Å²) in [5.74, 6) is 0.459. The van der Waals surface area contributed by atoms with Crippen LogP contribution in [-0.4, -0.2) is 21.4 Å². The molecule has 4 rings (SSSR count). The summed E-state index contributed by atoms with van der Waals surface area (Å²) >= 11 is 1.24. The van der Waals surface area contributed by atoms with Gasteiger partial charge in [-0.15, -0.1) is 0 Å². The fourth-order valence-corrected chi connectivity index (χ4v) is 3.68. The Morgan fingerprint density at radius 1 is 1.28 bits per heavy atom. The van der Waals surface area contributed by atoms with Crippen LogP contribution in [0.2, 0.25) is 0 Å². The average molecular weight is 353 g/mol. The number of benzene rings is 2. The molecular weight excluding hydrogens is 342 g/mol. The fraction of sp³-hybridized carbons (Fsp3) is 0.0588. The molecule has 0 spiro atoms. The first-order valence-electron chi connectivity index (χ1n) is 7.32. The maximum atomic E-state index is 12.8. The molecule has 2 aromatic carbocycles. The van der Waals surface area contributed by atoms with Crippen LogP contribution in [0.25, 0.3) is 22.1 Å². The Morgan fingerprint density at radius 2 is 2.08 bits per heavy atom. The van der Waals surface area contributed by atoms with Gasteiger partial charge in [0.15, 0.2) is 4.96 Å². The SMILES string of the molecule is COc1ccc([N+](=O)[O-])cc1/C=c1\sc2nc3ccccc3n2c1=O. The van der Waals surface area contributed by atoms with Crippen LogP contribution in [0.3, 0.4) is 0 Å². The van der Waals surface area contributed by atoms with E-state index < -0.39 is 4.92 Å². The molecule has 8 heteroatoms. The molecule has 0 aliphatic heterocycles. The molecule has 2 heterocycles. The molecule has 0 saturated heterocycles. The summed E-state index contributed by atoms with van der Waals surface area (Å²) < 4.78 is 7.23. The number of thiazole rings is 1. The molecule has 0 aliphatic rings. The van der Waals surface area contributed by atoms with Gasteiger partial charge in [0.2, 0.25) is 0 Å². The van der Waals surface area contributed by atoms with Crippen molar-refractivity contribution >= 4 is 39.1 Å². The van der Waals surface area contributed by atoms with Crippen LogP contribution in [0, 0.1) is 10.1 Å². The van der Waals surface area contributed by atoms with Gasteiger partial charge in [0.25, 0.3) is 11.2 Å². The van der Waals surface area contributed by atoms with Gasteiger partial charge in [-0.2, -0.15) is 0 Å². The van der Waals surface area contributed by atoms with E-state index >= 15 is 0 Å². The van der Waals surface area contributed by atoms with E-state index in [1.807, 2.05) is 24.3 Å². The van der Waals surface area contributed by atoms with E-state index in [4.69, 9.17) is 4.74 Å². The van der Waals surface area contributed by atoms with Crippen molar-refractivity contribution in [3.05, 3.63) is 73.0 Å². The van der Waals surface area contributed by atoms with Gasteiger partial charge in [-0.1, -0.05) is 23.5 Å². The molecule has 0 aliphatic carbocycles. The van der Waals surface area contributed by atoms with Crippen molar-refractivity contribution in [1.82, 2.24) is 9.38 Å². The quantitative estimate of drug-likeness (QED) is 0.417. The standard InChI is InChI=1S/C17H11N3O4S/c1-24-14-7-6-11(20(22)23)8-10(14)9-15-16(21)19-13-5-3-2-4-12(13)18-17(19)25-15/h2-9H,1H3/b15-9-. The van der Waals surface area contributed by atoms with Gasteiger partial charge >= 0.3 is 0 Å². The van der Waals surface area contributed by atoms with Crippen LogP contribution in [-0.2, 0) is 0 Å². The minimum Gasteiger partial charge on any atom is -0.496 e. The van der Waals surface area contributed by atoms with Crippen LogP contribution in [0.5, 0.6) is 5.75 Å². The maximum Gasteiger partial charge on any atom is 0.274 e. The monoisotopic (exact) mass is 353 g/mol. The summed E-state index contributed by atoms with van der Waals surface area (Å²) in [4.78, 5) is 28.3. The summed E-state index contributed by atoms with van der Waals surface area (Å²) in [6.07, 6.45) is 1.60. The summed E-state index contributed by atoms with van der Waals surface area (Å²) in [6, 6.07) is 11.7. The molecule has 0 N–H and O–H groups in total. The zero-order valence-electron chi connectivity index (χ0n) is 13.0. The van der Waals surface area contributed by atoms with Crippen molar-refractivity contribution < 1.29 is 9.66 Å². The number of para-hydroxylation sites is 2. The summed E-state index contributed by atoms with van der Waals surface area (Å²) in [5, 5.41) is 11.0. The molecule has 0 fully saturated rings. The Hall–Kier alpha value is -3.26. The number of hydrogen-bond acceptors (Lipinski definition) is 6. The number of nitro groups is 1. The van der Waals surface area contributed by atoms with Crippen LogP contribution in [0.4, 0.5) is 5.69 Å². The van der Waals surface area contributed by atoms with E-state index in [0.717, 1.165) is 11.0 Å². The third-order valence-corrected chi connectivity index (χ3v) is 4.82. The highest BCUT2D eigenvalue weighted by Crippen LogP contribution is 2.24. The van der Waals surface area contributed by atoms with Crippen LogP contribution < -0.4 is 14.8 Å². The topological polar surface area (TPSA) is 86.7 Å². The van der Waals surface area contributed by atoms with E-state index in [-0.39, 0.29) is 11.2 Å². The fourth-order valence-electron chi connectivity index (χ4n) is 2.70. The molecule has 2 aromatic heterocycles. The first-order chi connectivity index (χ1) is 12.1. The van der Waals surface area contributed by atoms with E-state index in [9.17, 15) is 14.9 Å². The summed E-state index contributed by atoms with van der Waals surface area (Å²) in [5.41, 5.74) is 1.70. The molecular formula is C17H11N3O4S. The van der Waals surface area contributed by atoms with E-state index in [1.54, 1.807) is 10.5 Å². The molecule has 0 radical (unpaired) electrons. The Bertz CT molecular complexity index is 1240. The Morgan fingerprint density at radius 3 is 2.84 bits per heavy atom. The number of hydrogen-bond donors (Lipinski definition) is 0. The van der Waals surface area contributed by atoms with Crippen molar-refractivity contribution in [1.29, 1.82) is 0 Å². The molecule has 124 valence electrons. The molecule has 25 heavy (non-hydrogen) atoms. The van der Waals surface area contributed by atoms with Crippen molar-refractivity contribution in [2.75, 3.05) is 7.11 Å². The highest BCUT2D eigenvalue weighted by atomic mass is 32.1. The lowest BCUT2D eigenvalue weighted by Crippen LogP contribution is -2.22. The first kappa shape index (κ1) is 15.3. The number of aromatic nitrogens is 2. The van der Waals surface area contributed by atoms with E-state index in [1.165, 1.54) is 36.6 Å². The van der Waals surface area contributed by atoms with Gasteiger partial charge in [-0.3, -0.25) is 14.9 Å². The summed E-state index contributed by atoms with van der Waals surface area (Å²) in [7, 11) is 1.48. The number of ether oxygens (including phenoxy) is 1. The van der Waals surface area contributed by atoms with Gasteiger partial charge in [0.05, 0.1) is 27.6 Å². The molecule has 4 aromatic rings. The number of imidazole rings is 1. The van der Waals surface area contributed by atoms with Gasteiger partial charge in [0, 0.05) is 17.7 Å². The molecule has 0 amide bonds. The number of nitro benzene ring substituents is 1. The Kier molecular flexibility index (Phi) is 3.47. The number of fused-ring (bicyclic) bond motifs is 3. The molecule has 0 bridgehead atoms. The third kappa shape index (κ3) is 2.43. The second-order valence-corrected chi connectivity index (χ2v) is 6.33. The lowest BCUT2D eigenvalue weighted by atomic mass is 10.1.